The Balaban J connectivity index is 1.71. The highest BCUT2D eigenvalue weighted by molar-refractivity contribution is 7.10. The summed E-state index contributed by atoms with van der Waals surface area (Å²) in [6, 6.07) is 20.5. The highest BCUT2D eigenvalue weighted by Gasteiger charge is 2.16. The first-order chi connectivity index (χ1) is 13.2. The van der Waals surface area contributed by atoms with E-state index in [1.807, 2.05) is 47.8 Å². The van der Waals surface area contributed by atoms with Crippen LogP contribution >= 0.6 is 11.3 Å². The van der Waals surface area contributed by atoms with Crippen molar-refractivity contribution >= 4 is 29.3 Å². The van der Waals surface area contributed by atoms with E-state index < -0.39 is 0 Å². The third-order valence-corrected chi connectivity index (χ3v) is 4.94. The Labute approximate surface area is 162 Å². The molecule has 3 rings (SSSR count). The number of benzene rings is 2. The van der Waals surface area contributed by atoms with Crippen molar-refractivity contribution in [3.63, 3.8) is 0 Å². The van der Waals surface area contributed by atoms with Gasteiger partial charge >= 0.3 is 5.97 Å². The number of esters is 1. The van der Waals surface area contributed by atoms with Crippen molar-refractivity contribution in [1.29, 1.82) is 0 Å². The molecule has 1 N–H and O–H groups in total. The van der Waals surface area contributed by atoms with E-state index in [2.05, 4.69) is 10.1 Å². The fraction of sp³-hybridized carbons (Fsp3) is 0.0909. The summed E-state index contributed by atoms with van der Waals surface area (Å²) in [5, 5.41) is 5.05. The largest absolute Gasteiger partial charge is 0.465 e. The molecule has 3 aromatic rings. The minimum Gasteiger partial charge on any atom is -0.465 e. The molecule has 0 fully saturated rings. The van der Waals surface area contributed by atoms with Gasteiger partial charge in [-0.25, -0.2) is 4.79 Å². The van der Waals surface area contributed by atoms with Gasteiger partial charge in [0.2, 0.25) is 5.91 Å². The average molecular weight is 377 g/mol. The van der Waals surface area contributed by atoms with Crippen molar-refractivity contribution in [2.45, 2.75) is 6.04 Å². The highest BCUT2D eigenvalue weighted by atomic mass is 32.1. The lowest BCUT2D eigenvalue weighted by molar-refractivity contribution is -0.116. The molecule has 0 unspecified atom stereocenters. The van der Waals surface area contributed by atoms with Crippen LogP contribution < -0.4 is 5.32 Å². The topological polar surface area (TPSA) is 55.4 Å². The van der Waals surface area contributed by atoms with Crippen molar-refractivity contribution in [2.75, 3.05) is 7.11 Å². The number of ether oxygens (including phenoxy) is 1. The molecular formula is C22H19NO3S. The third kappa shape index (κ3) is 4.92. The van der Waals surface area contributed by atoms with Gasteiger partial charge in [-0.3, -0.25) is 4.79 Å². The van der Waals surface area contributed by atoms with Crippen LogP contribution in [0.3, 0.4) is 0 Å². The van der Waals surface area contributed by atoms with E-state index in [1.165, 1.54) is 13.2 Å². The fourth-order valence-corrected chi connectivity index (χ4v) is 3.43. The molecule has 0 aliphatic heterocycles. The fourth-order valence-electron chi connectivity index (χ4n) is 2.63. The van der Waals surface area contributed by atoms with Gasteiger partial charge in [0.05, 0.1) is 18.7 Å². The average Bonchev–Trinajstić information content (AvgIpc) is 3.25. The van der Waals surface area contributed by atoms with Crippen LogP contribution in [0.25, 0.3) is 6.08 Å². The molecule has 0 saturated heterocycles. The molecule has 5 heteroatoms. The SMILES string of the molecule is COC(=O)c1ccc(/C=C/C(=O)N[C@@H](c2ccccc2)c2cccs2)cc1. The predicted molar refractivity (Wildman–Crippen MR) is 108 cm³/mol. The molecule has 0 spiro atoms. The highest BCUT2D eigenvalue weighted by Crippen LogP contribution is 2.25. The number of amides is 1. The minimum atomic E-state index is -0.384. The van der Waals surface area contributed by atoms with Crippen molar-refractivity contribution in [1.82, 2.24) is 5.32 Å². The van der Waals surface area contributed by atoms with E-state index in [0.717, 1.165) is 16.0 Å². The number of methoxy groups -OCH3 is 1. The van der Waals surface area contributed by atoms with E-state index in [1.54, 1.807) is 41.7 Å². The molecule has 1 aromatic heterocycles. The lowest BCUT2D eigenvalue weighted by Gasteiger charge is -2.17. The number of carbonyl (C=O) groups is 2. The molecule has 0 saturated carbocycles. The first-order valence-electron chi connectivity index (χ1n) is 8.42. The molecule has 4 nitrogen and oxygen atoms in total. The van der Waals surface area contributed by atoms with Crippen molar-refractivity contribution in [3.8, 4) is 0 Å². The standard InChI is InChI=1S/C22H19NO3S/c1-26-22(25)18-12-9-16(10-13-18)11-14-20(24)23-21(19-8-5-15-27-19)17-6-3-2-4-7-17/h2-15,21H,1H3,(H,23,24)/b14-11+/t21-/m0/s1. The molecule has 1 atom stereocenters. The van der Waals surface area contributed by atoms with E-state index in [-0.39, 0.29) is 17.9 Å². The monoisotopic (exact) mass is 377 g/mol. The Bertz CT molecular complexity index is 916. The Morgan fingerprint density at radius 1 is 1.00 bits per heavy atom. The van der Waals surface area contributed by atoms with Crippen LogP contribution in [0.1, 0.15) is 32.4 Å². The van der Waals surface area contributed by atoms with Gasteiger partial charge in [-0.1, -0.05) is 48.5 Å². The lowest BCUT2D eigenvalue weighted by atomic mass is 10.1. The number of hydrogen-bond donors (Lipinski definition) is 1. The lowest BCUT2D eigenvalue weighted by Crippen LogP contribution is -2.27. The van der Waals surface area contributed by atoms with Crippen LogP contribution in [0.4, 0.5) is 0 Å². The van der Waals surface area contributed by atoms with Crippen molar-refractivity contribution in [2.24, 2.45) is 0 Å². The second-order valence-corrected chi connectivity index (χ2v) is 6.79. The van der Waals surface area contributed by atoms with Crippen LogP contribution in [0.15, 0.2) is 78.2 Å². The van der Waals surface area contributed by atoms with Gasteiger partial charge in [-0.15, -0.1) is 11.3 Å². The summed E-state index contributed by atoms with van der Waals surface area (Å²) >= 11 is 1.61. The summed E-state index contributed by atoms with van der Waals surface area (Å²) < 4.78 is 4.68. The van der Waals surface area contributed by atoms with E-state index in [4.69, 9.17) is 0 Å². The maximum atomic E-state index is 12.4. The molecule has 2 aromatic carbocycles. The second kappa shape index (κ2) is 8.96. The van der Waals surface area contributed by atoms with Crippen LogP contribution in [-0.2, 0) is 9.53 Å². The zero-order valence-electron chi connectivity index (χ0n) is 14.8. The van der Waals surface area contributed by atoms with Crippen LogP contribution in [0.2, 0.25) is 0 Å². The van der Waals surface area contributed by atoms with Gasteiger partial charge in [0, 0.05) is 11.0 Å². The molecule has 0 bridgehead atoms. The zero-order chi connectivity index (χ0) is 19.1. The second-order valence-electron chi connectivity index (χ2n) is 5.81. The number of hydrogen-bond acceptors (Lipinski definition) is 4. The van der Waals surface area contributed by atoms with E-state index >= 15 is 0 Å². The predicted octanol–water partition coefficient (Wildman–Crippen LogP) is 4.45. The van der Waals surface area contributed by atoms with Crippen molar-refractivity contribution in [3.05, 3.63) is 99.8 Å². The number of nitrogens with one attached hydrogen (secondary N) is 1. The molecule has 0 radical (unpaired) electrons. The smallest absolute Gasteiger partial charge is 0.337 e. The van der Waals surface area contributed by atoms with Gasteiger partial charge in [-0.05, 0) is 40.8 Å². The molecular weight excluding hydrogens is 358 g/mol. The summed E-state index contributed by atoms with van der Waals surface area (Å²) in [4.78, 5) is 25.0. The van der Waals surface area contributed by atoms with Crippen LogP contribution in [0.5, 0.6) is 0 Å². The van der Waals surface area contributed by atoms with Gasteiger partial charge in [-0.2, -0.15) is 0 Å². The van der Waals surface area contributed by atoms with E-state index in [0.29, 0.717) is 5.56 Å². The number of rotatable bonds is 6. The van der Waals surface area contributed by atoms with Crippen LogP contribution in [0, 0.1) is 0 Å². The maximum Gasteiger partial charge on any atom is 0.337 e. The molecule has 0 aliphatic carbocycles. The van der Waals surface area contributed by atoms with Crippen LogP contribution in [-0.4, -0.2) is 19.0 Å². The number of thiophene rings is 1. The van der Waals surface area contributed by atoms with Gasteiger partial charge in [0.1, 0.15) is 0 Å². The first kappa shape index (κ1) is 18.6. The van der Waals surface area contributed by atoms with E-state index in [9.17, 15) is 9.59 Å². The Morgan fingerprint density at radius 3 is 2.37 bits per heavy atom. The first-order valence-corrected chi connectivity index (χ1v) is 9.30. The Kier molecular flexibility index (Phi) is 6.18. The molecule has 27 heavy (non-hydrogen) atoms. The Morgan fingerprint density at radius 2 is 1.74 bits per heavy atom. The summed E-state index contributed by atoms with van der Waals surface area (Å²) in [6.45, 7) is 0. The summed E-state index contributed by atoms with van der Waals surface area (Å²) in [5.74, 6) is -0.570. The maximum absolute atomic E-state index is 12.4. The van der Waals surface area contributed by atoms with Gasteiger partial charge in [0.25, 0.3) is 0 Å². The summed E-state index contributed by atoms with van der Waals surface area (Å²) in [6.07, 6.45) is 3.21. The molecule has 136 valence electrons. The summed E-state index contributed by atoms with van der Waals surface area (Å²) in [7, 11) is 1.34. The summed E-state index contributed by atoms with van der Waals surface area (Å²) in [5.41, 5.74) is 2.33. The van der Waals surface area contributed by atoms with Gasteiger partial charge in [0.15, 0.2) is 0 Å². The zero-order valence-corrected chi connectivity index (χ0v) is 15.6. The quantitative estimate of drug-likeness (QED) is 0.510. The Hall–Kier alpha value is -3.18. The normalized spacial score (nSPS) is 11.9. The molecule has 1 heterocycles. The molecule has 0 aliphatic rings. The third-order valence-electron chi connectivity index (χ3n) is 4.01. The molecule has 1 amide bonds. The van der Waals surface area contributed by atoms with Gasteiger partial charge < -0.3 is 10.1 Å². The van der Waals surface area contributed by atoms with Crippen molar-refractivity contribution < 1.29 is 14.3 Å². The number of carbonyl (C=O) groups excluding carboxylic acids is 2. The minimum absolute atomic E-state index is 0.186.